The second-order valence-corrected chi connectivity index (χ2v) is 4.22. The lowest BCUT2D eigenvalue weighted by Crippen LogP contribution is -2.15. The van der Waals surface area contributed by atoms with E-state index in [-0.39, 0.29) is 25.6 Å². The van der Waals surface area contributed by atoms with Crippen molar-refractivity contribution in [2.45, 2.75) is 19.8 Å². The van der Waals surface area contributed by atoms with Gasteiger partial charge in [0.05, 0.1) is 19.8 Å². The van der Waals surface area contributed by atoms with Crippen molar-refractivity contribution in [2.24, 2.45) is 0 Å². The maximum absolute atomic E-state index is 11.4. The fraction of sp³-hybridized carbons (Fsp3) is 0.500. The summed E-state index contributed by atoms with van der Waals surface area (Å²) in [6.07, 6.45) is 0.948. The summed E-state index contributed by atoms with van der Waals surface area (Å²) < 4.78 is 20.8. The molecule has 1 aliphatic heterocycles. The van der Waals surface area contributed by atoms with Crippen LogP contribution in [0, 0.1) is 0 Å². The molecular weight excluding hydrogens is 264 g/mol. The van der Waals surface area contributed by atoms with Gasteiger partial charge in [-0.1, -0.05) is 0 Å². The Morgan fingerprint density at radius 1 is 1.45 bits per heavy atom. The minimum absolute atomic E-state index is 0.0817. The van der Waals surface area contributed by atoms with Crippen LogP contribution >= 0.6 is 0 Å². The van der Waals surface area contributed by atoms with E-state index in [0.29, 0.717) is 18.1 Å². The van der Waals surface area contributed by atoms with Crippen molar-refractivity contribution in [3.8, 4) is 17.2 Å². The van der Waals surface area contributed by atoms with Crippen molar-refractivity contribution in [3.05, 3.63) is 17.7 Å². The third kappa shape index (κ3) is 3.54. The molecule has 0 amide bonds. The Balaban J connectivity index is 2.24. The molecule has 0 fully saturated rings. The number of aryl methyl sites for hydroxylation is 1. The van der Waals surface area contributed by atoms with Gasteiger partial charge in [0.25, 0.3) is 0 Å². The van der Waals surface area contributed by atoms with Gasteiger partial charge in [-0.2, -0.15) is 0 Å². The predicted octanol–water partition coefficient (Wildman–Crippen LogP) is 1.92. The topological polar surface area (TPSA) is 74.2 Å². The van der Waals surface area contributed by atoms with Gasteiger partial charge in [0, 0.05) is 11.6 Å². The lowest BCUT2D eigenvalue weighted by Gasteiger charge is -2.21. The number of hydrogen-bond donors (Lipinski definition) is 1. The van der Waals surface area contributed by atoms with Crippen molar-refractivity contribution in [2.75, 3.05) is 26.4 Å². The quantitative estimate of drug-likeness (QED) is 0.657. The summed E-state index contributed by atoms with van der Waals surface area (Å²) in [4.78, 5) is 11.4. The number of rotatable bonds is 5. The van der Waals surface area contributed by atoms with Gasteiger partial charge in [0.15, 0.2) is 11.5 Å². The molecule has 1 N–H and O–H groups in total. The lowest BCUT2D eigenvalue weighted by atomic mass is 10.1. The number of ether oxygens (including phenoxy) is 4. The van der Waals surface area contributed by atoms with Crippen LogP contribution in [0.5, 0.6) is 17.2 Å². The predicted molar refractivity (Wildman–Crippen MR) is 70.5 cm³/mol. The summed E-state index contributed by atoms with van der Waals surface area (Å²) in [5.74, 6) is 1.37. The fourth-order valence-electron chi connectivity index (χ4n) is 1.98. The van der Waals surface area contributed by atoms with E-state index in [1.54, 1.807) is 13.0 Å². The fourth-order valence-corrected chi connectivity index (χ4v) is 1.98. The van der Waals surface area contributed by atoms with E-state index in [1.807, 2.05) is 6.07 Å². The molecule has 0 saturated carbocycles. The van der Waals surface area contributed by atoms with E-state index in [2.05, 4.69) is 0 Å². The highest BCUT2D eigenvalue weighted by molar-refractivity contribution is 5.67. The molecule has 0 aliphatic carbocycles. The monoisotopic (exact) mass is 282 g/mol. The van der Waals surface area contributed by atoms with Crippen molar-refractivity contribution in [1.82, 2.24) is 0 Å². The number of benzene rings is 1. The summed E-state index contributed by atoms with van der Waals surface area (Å²) >= 11 is 0. The molecule has 2 rings (SSSR count). The van der Waals surface area contributed by atoms with Crippen molar-refractivity contribution in [1.29, 1.82) is 0 Å². The molecule has 1 aromatic carbocycles. The Morgan fingerprint density at radius 3 is 3.05 bits per heavy atom. The van der Waals surface area contributed by atoms with Crippen molar-refractivity contribution >= 4 is 6.16 Å². The number of aliphatic hydroxyl groups is 1. The number of hydrogen-bond acceptors (Lipinski definition) is 6. The van der Waals surface area contributed by atoms with Gasteiger partial charge in [0.1, 0.15) is 12.4 Å². The average molecular weight is 282 g/mol. The average Bonchev–Trinajstić information content (AvgIpc) is 2.45. The van der Waals surface area contributed by atoms with Crippen molar-refractivity contribution in [3.63, 3.8) is 0 Å². The first kappa shape index (κ1) is 14.5. The zero-order valence-electron chi connectivity index (χ0n) is 11.4. The van der Waals surface area contributed by atoms with Gasteiger partial charge in [-0.15, -0.1) is 0 Å². The Morgan fingerprint density at radius 2 is 2.30 bits per heavy atom. The Kier molecular flexibility index (Phi) is 5.06. The largest absolute Gasteiger partial charge is 0.513 e. The highest BCUT2D eigenvalue weighted by Gasteiger charge is 2.20. The molecule has 0 saturated heterocycles. The van der Waals surface area contributed by atoms with E-state index in [4.69, 9.17) is 24.1 Å². The van der Waals surface area contributed by atoms with Gasteiger partial charge >= 0.3 is 6.16 Å². The van der Waals surface area contributed by atoms with Crippen LogP contribution < -0.4 is 14.2 Å². The highest BCUT2D eigenvalue weighted by Crippen LogP contribution is 2.39. The van der Waals surface area contributed by atoms with E-state index in [1.165, 1.54) is 0 Å². The first-order valence-corrected chi connectivity index (χ1v) is 6.62. The van der Waals surface area contributed by atoms with Crippen LogP contribution in [0.2, 0.25) is 0 Å². The molecule has 6 heteroatoms. The smallest absolute Gasteiger partial charge is 0.491 e. The summed E-state index contributed by atoms with van der Waals surface area (Å²) in [6.45, 7) is 2.62. The van der Waals surface area contributed by atoms with Gasteiger partial charge in [0.2, 0.25) is 0 Å². The van der Waals surface area contributed by atoms with E-state index >= 15 is 0 Å². The van der Waals surface area contributed by atoms with Crippen LogP contribution in [0.15, 0.2) is 12.1 Å². The first-order chi connectivity index (χ1) is 9.74. The Labute approximate surface area is 117 Å². The Hall–Kier alpha value is -1.95. The van der Waals surface area contributed by atoms with Gasteiger partial charge in [-0.25, -0.2) is 4.79 Å². The highest BCUT2D eigenvalue weighted by atomic mass is 16.7. The van der Waals surface area contributed by atoms with Gasteiger partial charge < -0.3 is 24.1 Å². The zero-order chi connectivity index (χ0) is 14.4. The molecule has 0 atom stereocenters. The number of carbonyl (C=O) groups excluding carboxylic acids is 1. The summed E-state index contributed by atoms with van der Waals surface area (Å²) in [5, 5.41) is 8.80. The van der Waals surface area contributed by atoms with Gasteiger partial charge in [-0.05, 0) is 25.8 Å². The Bertz CT molecular complexity index is 471. The third-order valence-corrected chi connectivity index (χ3v) is 2.76. The lowest BCUT2D eigenvalue weighted by molar-refractivity contribution is 0.102. The van der Waals surface area contributed by atoms with Crippen LogP contribution in [0.3, 0.4) is 0 Å². The molecule has 110 valence electrons. The summed E-state index contributed by atoms with van der Waals surface area (Å²) in [6, 6.07) is 3.40. The number of aliphatic hydroxyl groups excluding tert-OH is 1. The standard InChI is InChI=1S/C14H18O6/c1-2-17-14(16)20-12-9-11(18-7-5-15)8-10-4-3-6-19-13(10)12/h8-9,15H,2-7H2,1H3. The molecule has 0 spiro atoms. The summed E-state index contributed by atoms with van der Waals surface area (Å²) in [5.41, 5.74) is 0.922. The van der Waals surface area contributed by atoms with E-state index < -0.39 is 6.16 Å². The molecular formula is C14H18O6. The van der Waals surface area contributed by atoms with Crippen LogP contribution in [0.25, 0.3) is 0 Å². The molecule has 0 unspecified atom stereocenters. The maximum atomic E-state index is 11.4. The molecule has 1 heterocycles. The second-order valence-electron chi connectivity index (χ2n) is 4.22. The van der Waals surface area contributed by atoms with Crippen LogP contribution in [0.4, 0.5) is 4.79 Å². The molecule has 0 bridgehead atoms. The van der Waals surface area contributed by atoms with E-state index in [9.17, 15) is 4.79 Å². The number of fused-ring (bicyclic) bond motifs is 1. The summed E-state index contributed by atoms with van der Waals surface area (Å²) in [7, 11) is 0. The second kappa shape index (κ2) is 7.00. The van der Waals surface area contributed by atoms with Crippen LogP contribution in [0.1, 0.15) is 18.9 Å². The zero-order valence-corrected chi connectivity index (χ0v) is 11.4. The molecule has 6 nitrogen and oxygen atoms in total. The SMILES string of the molecule is CCOC(=O)Oc1cc(OCCO)cc2c1OCCC2. The van der Waals surface area contributed by atoms with Gasteiger partial charge in [-0.3, -0.25) is 0 Å². The minimum atomic E-state index is -0.775. The third-order valence-electron chi connectivity index (χ3n) is 2.76. The molecule has 0 aromatic heterocycles. The van der Waals surface area contributed by atoms with Crippen molar-refractivity contribution < 1.29 is 28.8 Å². The maximum Gasteiger partial charge on any atom is 0.513 e. The van der Waals surface area contributed by atoms with Crippen LogP contribution in [-0.2, 0) is 11.2 Å². The molecule has 20 heavy (non-hydrogen) atoms. The van der Waals surface area contributed by atoms with Crippen LogP contribution in [-0.4, -0.2) is 37.7 Å². The number of carbonyl (C=O) groups is 1. The molecule has 1 aromatic rings. The minimum Gasteiger partial charge on any atom is -0.491 e. The molecule has 1 aliphatic rings. The van der Waals surface area contributed by atoms with E-state index in [0.717, 1.165) is 18.4 Å². The molecule has 0 radical (unpaired) electrons. The first-order valence-electron chi connectivity index (χ1n) is 6.62. The normalized spacial score (nSPS) is 13.1.